The number of carbonyl (C=O) groups excluding carboxylic acids is 2. The van der Waals surface area contributed by atoms with Crippen molar-refractivity contribution in [3.8, 4) is 22.8 Å². The number of imidazole rings is 1. The zero-order chi connectivity index (χ0) is 37.1. The maximum atomic E-state index is 14.4. The standard InChI is InChI=1S/C40H42BrN7O5/c1-26-21-29(9-14-34(26)41)39(50)46-24-35-36(38(49)44-22-30-7-4-5-8-33(30)37-42-15-6-16-43-37)48(40(51)47(35)23-27(46)2)31-10-12-32(13-11-31)53-25-28(3)45-17-19-52-20-18-45/h4-16,21,27-28H,17-20,22-25H2,1-3H3,(H,44,49)/t27?,28-/m0/s1. The lowest BCUT2D eigenvalue weighted by molar-refractivity contribution is 0.0105. The predicted octanol–water partition coefficient (Wildman–Crippen LogP) is 5.24. The molecular weight excluding hydrogens is 738 g/mol. The number of nitrogens with one attached hydrogen (secondary N) is 1. The van der Waals surface area contributed by atoms with Crippen LogP contribution in [0.25, 0.3) is 17.1 Å². The molecule has 3 aromatic carbocycles. The Labute approximate surface area is 316 Å². The first-order valence-corrected chi connectivity index (χ1v) is 18.6. The Morgan fingerprint density at radius 3 is 2.49 bits per heavy atom. The van der Waals surface area contributed by atoms with E-state index >= 15 is 0 Å². The first-order chi connectivity index (χ1) is 25.7. The molecule has 0 spiro atoms. The summed E-state index contributed by atoms with van der Waals surface area (Å²) in [5.41, 5.74) is 3.89. The largest absolute Gasteiger partial charge is 0.492 e. The van der Waals surface area contributed by atoms with Gasteiger partial charge in [-0.25, -0.2) is 14.8 Å². The Kier molecular flexibility index (Phi) is 10.9. The van der Waals surface area contributed by atoms with Gasteiger partial charge in [0.1, 0.15) is 18.1 Å². The third kappa shape index (κ3) is 7.68. The van der Waals surface area contributed by atoms with Crippen LogP contribution in [0.3, 0.4) is 0 Å². The van der Waals surface area contributed by atoms with E-state index in [0.717, 1.165) is 34.3 Å². The van der Waals surface area contributed by atoms with Crippen molar-refractivity contribution in [2.24, 2.45) is 0 Å². The normalized spacial score (nSPS) is 16.5. The minimum Gasteiger partial charge on any atom is -0.492 e. The average molecular weight is 781 g/mol. The van der Waals surface area contributed by atoms with Gasteiger partial charge in [0.05, 0.1) is 31.1 Å². The number of benzene rings is 3. The van der Waals surface area contributed by atoms with Gasteiger partial charge in [-0.3, -0.25) is 23.6 Å². The van der Waals surface area contributed by atoms with Gasteiger partial charge in [0.15, 0.2) is 5.82 Å². The highest BCUT2D eigenvalue weighted by molar-refractivity contribution is 9.10. The third-order valence-corrected chi connectivity index (χ3v) is 10.8. The number of nitrogens with zero attached hydrogens (tertiary/aromatic N) is 6. The fourth-order valence-corrected chi connectivity index (χ4v) is 7.17. The second kappa shape index (κ2) is 15.9. The van der Waals surface area contributed by atoms with Crippen LogP contribution in [0.5, 0.6) is 5.75 Å². The van der Waals surface area contributed by atoms with Gasteiger partial charge in [-0.2, -0.15) is 0 Å². The first-order valence-electron chi connectivity index (χ1n) is 17.8. The summed E-state index contributed by atoms with van der Waals surface area (Å²) in [6, 6.07) is 22.0. The van der Waals surface area contributed by atoms with E-state index in [1.54, 1.807) is 46.1 Å². The molecule has 1 fully saturated rings. The number of morpholine rings is 1. The van der Waals surface area contributed by atoms with Crippen molar-refractivity contribution >= 4 is 27.7 Å². The maximum absolute atomic E-state index is 14.4. The van der Waals surface area contributed by atoms with Crippen LogP contribution in [0.1, 0.15) is 51.5 Å². The smallest absolute Gasteiger partial charge is 0.333 e. The first kappa shape index (κ1) is 36.3. The molecule has 12 nitrogen and oxygen atoms in total. The summed E-state index contributed by atoms with van der Waals surface area (Å²) in [7, 11) is 0. The minimum atomic E-state index is -0.444. The highest BCUT2D eigenvalue weighted by atomic mass is 79.9. The SMILES string of the molecule is Cc1cc(C(=O)N2Cc3c(C(=O)NCc4ccccc4-c4ncccn4)n(-c4ccc(OC[C@H](C)N5CCOCC5)cc4)c(=O)n3CC2C)ccc1Br. The molecule has 274 valence electrons. The van der Waals surface area contributed by atoms with Crippen molar-refractivity contribution in [1.29, 1.82) is 0 Å². The molecule has 2 aliphatic heterocycles. The van der Waals surface area contributed by atoms with Crippen molar-refractivity contribution in [3.63, 3.8) is 0 Å². The topological polar surface area (TPSA) is 124 Å². The fourth-order valence-electron chi connectivity index (χ4n) is 6.93. The molecule has 0 aliphatic carbocycles. The average Bonchev–Trinajstić information content (AvgIpc) is 3.47. The van der Waals surface area contributed by atoms with Crippen LogP contribution < -0.4 is 15.7 Å². The summed E-state index contributed by atoms with van der Waals surface area (Å²) in [4.78, 5) is 55.5. The second-order valence-corrected chi connectivity index (χ2v) is 14.3. The Balaban J connectivity index is 1.21. The van der Waals surface area contributed by atoms with Crippen molar-refractivity contribution < 1.29 is 19.1 Å². The molecule has 5 aromatic rings. The Hall–Kier alpha value is -5.11. The van der Waals surface area contributed by atoms with Crippen molar-refractivity contribution in [3.05, 3.63) is 128 Å². The number of rotatable bonds is 10. The zero-order valence-electron chi connectivity index (χ0n) is 30.0. The van der Waals surface area contributed by atoms with Gasteiger partial charge in [0, 0.05) is 66.3 Å². The van der Waals surface area contributed by atoms with Crippen LogP contribution in [-0.4, -0.2) is 85.7 Å². The third-order valence-electron chi connectivity index (χ3n) is 9.94. The van der Waals surface area contributed by atoms with E-state index in [1.165, 1.54) is 4.57 Å². The summed E-state index contributed by atoms with van der Waals surface area (Å²) >= 11 is 3.52. The van der Waals surface area contributed by atoms with E-state index in [0.29, 0.717) is 48.3 Å². The van der Waals surface area contributed by atoms with Crippen LogP contribution in [0, 0.1) is 6.92 Å². The quantitative estimate of drug-likeness (QED) is 0.204. The molecule has 0 bridgehead atoms. The second-order valence-electron chi connectivity index (χ2n) is 13.5. The van der Waals surface area contributed by atoms with Gasteiger partial charge < -0.3 is 19.7 Å². The number of ether oxygens (including phenoxy) is 2. The molecular formula is C40H42BrN7O5. The van der Waals surface area contributed by atoms with E-state index in [2.05, 4.69) is 43.0 Å². The molecule has 2 atom stereocenters. The van der Waals surface area contributed by atoms with Crippen LogP contribution in [-0.2, 0) is 24.4 Å². The van der Waals surface area contributed by atoms with Crippen LogP contribution in [0.15, 0.2) is 94.5 Å². The monoisotopic (exact) mass is 779 g/mol. The Bertz CT molecular complexity index is 2160. The van der Waals surface area contributed by atoms with E-state index < -0.39 is 5.91 Å². The van der Waals surface area contributed by atoms with E-state index in [-0.39, 0.29) is 49.0 Å². The maximum Gasteiger partial charge on any atom is 0.333 e. The molecule has 4 heterocycles. The minimum absolute atomic E-state index is 0.0785. The van der Waals surface area contributed by atoms with Crippen LogP contribution in [0.2, 0.25) is 0 Å². The molecule has 2 aromatic heterocycles. The molecule has 1 N–H and O–H groups in total. The number of carbonyl (C=O) groups is 2. The number of aromatic nitrogens is 4. The van der Waals surface area contributed by atoms with E-state index in [9.17, 15) is 14.4 Å². The summed E-state index contributed by atoms with van der Waals surface area (Å²) in [6.45, 7) is 10.1. The highest BCUT2D eigenvalue weighted by Crippen LogP contribution is 2.27. The molecule has 7 rings (SSSR count). The van der Waals surface area contributed by atoms with Crippen LogP contribution in [0.4, 0.5) is 0 Å². The number of halogens is 1. The summed E-state index contributed by atoms with van der Waals surface area (Å²) in [5.74, 6) is 0.589. The summed E-state index contributed by atoms with van der Waals surface area (Å²) < 4.78 is 15.6. The summed E-state index contributed by atoms with van der Waals surface area (Å²) in [6.07, 6.45) is 3.35. The molecule has 0 saturated carbocycles. The van der Waals surface area contributed by atoms with Gasteiger partial charge in [0.2, 0.25) is 0 Å². The lowest BCUT2D eigenvalue weighted by Gasteiger charge is -2.34. The zero-order valence-corrected chi connectivity index (χ0v) is 31.6. The lowest BCUT2D eigenvalue weighted by atomic mass is 10.1. The molecule has 13 heteroatoms. The van der Waals surface area contributed by atoms with E-state index in [4.69, 9.17) is 9.47 Å². The number of amides is 2. The number of hydrogen-bond donors (Lipinski definition) is 1. The molecule has 53 heavy (non-hydrogen) atoms. The summed E-state index contributed by atoms with van der Waals surface area (Å²) in [5, 5.41) is 3.06. The van der Waals surface area contributed by atoms with Gasteiger partial charge in [-0.1, -0.05) is 40.2 Å². The number of aryl methyl sites for hydroxylation is 1. The Morgan fingerprint density at radius 1 is 1.02 bits per heavy atom. The molecule has 0 radical (unpaired) electrons. The number of hydrogen-bond acceptors (Lipinski definition) is 8. The molecule has 1 unspecified atom stereocenters. The van der Waals surface area contributed by atoms with Gasteiger partial charge in [-0.05, 0) is 80.4 Å². The van der Waals surface area contributed by atoms with Gasteiger partial charge in [-0.15, -0.1) is 0 Å². The highest BCUT2D eigenvalue weighted by Gasteiger charge is 2.35. The Morgan fingerprint density at radius 2 is 1.75 bits per heavy atom. The fraction of sp³-hybridized carbons (Fsp3) is 0.325. The number of fused-ring (bicyclic) bond motifs is 1. The van der Waals surface area contributed by atoms with E-state index in [1.807, 2.05) is 62.4 Å². The van der Waals surface area contributed by atoms with Crippen molar-refractivity contribution in [2.75, 3.05) is 32.9 Å². The van der Waals surface area contributed by atoms with Crippen molar-refractivity contribution in [2.45, 2.75) is 52.5 Å². The molecule has 2 aliphatic rings. The van der Waals surface area contributed by atoms with Crippen molar-refractivity contribution in [1.82, 2.24) is 34.2 Å². The van der Waals surface area contributed by atoms with Crippen LogP contribution >= 0.6 is 15.9 Å². The lowest BCUT2D eigenvalue weighted by Crippen LogP contribution is -2.47. The molecule has 2 amide bonds. The van der Waals surface area contributed by atoms with Gasteiger partial charge >= 0.3 is 5.69 Å². The van der Waals surface area contributed by atoms with Gasteiger partial charge in [0.25, 0.3) is 11.8 Å². The molecule has 1 saturated heterocycles. The predicted molar refractivity (Wildman–Crippen MR) is 204 cm³/mol.